The Morgan fingerprint density at radius 1 is 1.26 bits per heavy atom. The Bertz CT molecular complexity index is 1000. The fourth-order valence-corrected chi connectivity index (χ4v) is 4.58. The number of ether oxygens (including phenoxy) is 3. The Morgan fingerprint density at radius 2 is 2.06 bits per heavy atom. The van der Waals surface area contributed by atoms with Crippen molar-refractivity contribution in [1.29, 1.82) is 0 Å². The van der Waals surface area contributed by atoms with Crippen molar-refractivity contribution < 1.29 is 23.4 Å². The predicted molar refractivity (Wildman–Crippen MR) is 109 cm³/mol. The Kier molecular flexibility index (Phi) is 5.17. The molecule has 3 aliphatic rings. The molecule has 0 aliphatic carbocycles. The van der Waals surface area contributed by atoms with Crippen LogP contribution in [-0.4, -0.2) is 65.8 Å². The quantitative estimate of drug-likeness (QED) is 0.723. The molecule has 2 aromatic heterocycles. The molecule has 1 saturated heterocycles. The van der Waals surface area contributed by atoms with Crippen LogP contribution in [0.15, 0.2) is 6.07 Å². The molecule has 0 saturated carbocycles. The van der Waals surface area contributed by atoms with Gasteiger partial charge in [-0.05, 0) is 19.8 Å². The van der Waals surface area contributed by atoms with E-state index in [-0.39, 0.29) is 18.0 Å². The number of amides is 1. The molecule has 3 aliphatic heterocycles. The number of carbonyl (C=O) groups is 1. The van der Waals surface area contributed by atoms with Crippen molar-refractivity contribution >= 4 is 17.6 Å². The Morgan fingerprint density at radius 3 is 2.84 bits per heavy atom. The summed E-state index contributed by atoms with van der Waals surface area (Å²) < 4.78 is 32.7. The fourth-order valence-electron chi connectivity index (χ4n) is 4.58. The van der Waals surface area contributed by atoms with Crippen LogP contribution >= 0.6 is 0 Å². The van der Waals surface area contributed by atoms with E-state index in [1.807, 2.05) is 4.90 Å². The topological polar surface area (TPSA) is 82.0 Å². The van der Waals surface area contributed by atoms with Crippen molar-refractivity contribution in [1.82, 2.24) is 19.7 Å². The van der Waals surface area contributed by atoms with Crippen LogP contribution in [0.1, 0.15) is 35.8 Å². The monoisotopic (exact) mass is 431 g/mol. The van der Waals surface area contributed by atoms with E-state index in [1.165, 1.54) is 13.2 Å². The summed E-state index contributed by atoms with van der Waals surface area (Å²) in [6.07, 6.45) is 2.11. The maximum atomic E-state index is 14.4. The number of pyridine rings is 1. The number of carbonyl (C=O) groups excluding carboxylic acids is 1. The first-order valence-electron chi connectivity index (χ1n) is 10.6. The zero-order chi connectivity index (χ0) is 21.5. The normalized spacial score (nSPS) is 18.9. The summed E-state index contributed by atoms with van der Waals surface area (Å²) in [5.74, 6) is 0.744. The fraction of sp³-hybridized carbons (Fsp3) is 0.571. The standard InChI is InChI=1S/C21H26FN5O4/c1-13-16(22)11-18-20(23-13)31-10-7-26(18)19-15-12-25(21(28)29-2)6-3-17(15)27(24-19)14-4-8-30-9-5-14/h11,14H,3-10,12H2,1-2H3. The van der Waals surface area contributed by atoms with Gasteiger partial charge in [0.2, 0.25) is 5.88 Å². The predicted octanol–water partition coefficient (Wildman–Crippen LogP) is 2.73. The highest BCUT2D eigenvalue weighted by Crippen LogP contribution is 2.40. The van der Waals surface area contributed by atoms with Crippen molar-refractivity contribution in [2.24, 2.45) is 0 Å². The molecule has 166 valence electrons. The van der Waals surface area contributed by atoms with Crippen LogP contribution in [0, 0.1) is 12.7 Å². The second kappa shape index (κ2) is 7.99. The van der Waals surface area contributed by atoms with E-state index in [9.17, 15) is 9.18 Å². The van der Waals surface area contributed by atoms with Crippen molar-refractivity contribution in [3.05, 3.63) is 28.8 Å². The molecule has 5 heterocycles. The molecular formula is C21H26FN5O4. The number of hydrogen-bond donors (Lipinski definition) is 0. The van der Waals surface area contributed by atoms with E-state index < -0.39 is 0 Å². The lowest BCUT2D eigenvalue weighted by Crippen LogP contribution is -2.37. The molecule has 0 atom stereocenters. The van der Waals surface area contributed by atoms with Crippen molar-refractivity contribution in [3.63, 3.8) is 0 Å². The molecule has 0 spiro atoms. The van der Waals surface area contributed by atoms with Gasteiger partial charge in [-0.15, -0.1) is 0 Å². The van der Waals surface area contributed by atoms with Crippen LogP contribution in [0.4, 0.5) is 20.7 Å². The first kappa shape index (κ1) is 20.0. The number of hydrogen-bond acceptors (Lipinski definition) is 7. The summed E-state index contributed by atoms with van der Waals surface area (Å²) in [6.45, 7) is 4.94. The summed E-state index contributed by atoms with van der Waals surface area (Å²) in [5.41, 5.74) is 2.95. The number of rotatable bonds is 2. The second-order valence-electron chi connectivity index (χ2n) is 8.06. The second-order valence-corrected chi connectivity index (χ2v) is 8.06. The van der Waals surface area contributed by atoms with Gasteiger partial charge in [0.15, 0.2) is 5.82 Å². The van der Waals surface area contributed by atoms with Gasteiger partial charge in [0.1, 0.15) is 18.1 Å². The molecule has 1 amide bonds. The van der Waals surface area contributed by atoms with Crippen LogP contribution in [0.5, 0.6) is 5.88 Å². The van der Waals surface area contributed by atoms with Gasteiger partial charge in [-0.2, -0.15) is 5.10 Å². The maximum Gasteiger partial charge on any atom is 0.409 e. The zero-order valence-electron chi connectivity index (χ0n) is 17.8. The molecule has 0 N–H and O–H groups in total. The lowest BCUT2D eigenvalue weighted by molar-refractivity contribution is 0.0649. The van der Waals surface area contributed by atoms with E-state index >= 15 is 0 Å². The van der Waals surface area contributed by atoms with Crippen LogP contribution in [-0.2, 0) is 22.4 Å². The third kappa shape index (κ3) is 3.48. The van der Waals surface area contributed by atoms with Crippen molar-refractivity contribution in [2.45, 2.75) is 38.8 Å². The summed E-state index contributed by atoms with van der Waals surface area (Å²) in [6, 6.07) is 1.70. The number of aryl methyl sites for hydroxylation is 1. The lowest BCUT2D eigenvalue weighted by atomic mass is 10.0. The first-order chi connectivity index (χ1) is 15.1. The SMILES string of the molecule is COC(=O)N1CCc2c(c(N3CCOc4nc(C)c(F)cc43)nn2C2CCOCC2)C1. The Balaban J connectivity index is 1.60. The van der Waals surface area contributed by atoms with Gasteiger partial charge >= 0.3 is 6.09 Å². The number of fused-ring (bicyclic) bond motifs is 2. The highest BCUT2D eigenvalue weighted by atomic mass is 19.1. The molecule has 0 bridgehead atoms. The van der Waals surface area contributed by atoms with Gasteiger partial charge < -0.3 is 24.0 Å². The molecule has 10 heteroatoms. The highest BCUT2D eigenvalue weighted by molar-refractivity contribution is 5.72. The van der Waals surface area contributed by atoms with Gasteiger partial charge in [0.05, 0.1) is 31.9 Å². The molecule has 0 radical (unpaired) electrons. The number of halogens is 1. The average molecular weight is 431 g/mol. The van der Waals surface area contributed by atoms with Crippen LogP contribution in [0.3, 0.4) is 0 Å². The number of aromatic nitrogens is 3. The summed E-state index contributed by atoms with van der Waals surface area (Å²) in [5, 5.41) is 5.01. The van der Waals surface area contributed by atoms with E-state index in [4.69, 9.17) is 19.3 Å². The molecule has 0 aromatic carbocycles. The summed E-state index contributed by atoms with van der Waals surface area (Å²) >= 11 is 0. The maximum absolute atomic E-state index is 14.4. The third-order valence-corrected chi connectivity index (χ3v) is 6.23. The van der Waals surface area contributed by atoms with Crippen LogP contribution in [0.2, 0.25) is 0 Å². The molecule has 2 aromatic rings. The van der Waals surface area contributed by atoms with Gasteiger partial charge in [-0.3, -0.25) is 4.68 Å². The molecule has 1 fully saturated rings. The van der Waals surface area contributed by atoms with E-state index in [1.54, 1.807) is 11.8 Å². The lowest BCUT2D eigenvalue weighted by Gasteiger charge is -2.32. The average Bonchev–Trinajstić information content (AvgIpc) is 3.18. The summed E-state index contributed by atoms with van der Waals surface area (Å²) in [7, 11) is 1.39. The van der Waals surface area contributed by atoms with Crippen molar-refractivity contribution in [3.8, 4) is 5.88 Å². The molecule has 5 rings (SSSR count). The number of methoxy groups -OCH3 is 1. The van der Waals surface area contributed by atoms with E-state index in [0.29, 0.717) is 63.1 Å². The van der Waals surface area contributed by atoms with E-state index in [0.717, 1.165) is 29.9 Å². The smallest absolute Gasteiger partial charge is 0.409 e. The van der Waals surface area contributed by atoms with Gasteiger partial charge in [0, 0.05) is 43.5 Å². The minimum atomic E-state index is -0.386. The van der Waals surface area contributed by atoms with Crippen LogP contribution in [0.25, 0.3) is 0 Å². The molecule has 0 unspecified atom stereocenters. The Hall–Kier alpha value is -2.88. The largest absolute Gasteiger partial charge is 0.474 e. The highest BCUT2D eigenvalue weighted by Gasteiger charge is 2.35. The van der Waals surface area contributed by atoms with Gasteiger partial charge in [0.25, 0.3) is 0 Å². The minimum absolute atomic E-state index is 0.245. The summed E-state index contributed by atoms with van der Waals surface area (Å²) in [4.78, 5) is 20.1. The zero-order valence-corrected chi connectivity index (χ0v) is 17.8. The molecular weight excluding hydrogens is 405 g/mol. The number of nitrogens with zero attached hydrogens (tertiary/aromatic N) is 5. The minimum Gasteiger partial charge on any atom is -0.474 e. The molecule has 31 heavy (non-hydrogen) atoms. The molecule has 9 nitrogen and oxygen atoms in total. The number of anilines is 2. The van der Waals surface area contributed by atoms with Gasteiger partial charge in [-0.1, -0.05) is 0 Å². The first-order valence-corrected chi connectivity index (χ1v) is 10.6. The third-order valence-electron chi connectivity index (χ3n) is 6.23. The van der Waals surface area contributed by atoms with Crippen molar-refractivity contribution in [2.75, 3.05) is 44.9 Å². The van der Waals surface area contributed by atoms with Gasteiger partial charge in [-0.25, -0.2) is 14.2 Å². The Labute approximate surface area is 179 Å². The van der Waals surface area contributed by atoms with Crippen LogP contribution < -0.4 is 9.64 Å². The van der Waals surface area contributed by atoms with E-state index in [2.05, 4.69) is 9.67 Å².